The summed E-state index contributed by atoms with van der Waals surface area (Å²) in [5.41, 5.74) is -2.06. The fourth-order valence-electron chi connectivity index (χ4n) is 7.03. The van der Waals surface area contributed by atoms with E-state index in [0.717, 1.165) is 12.0 Å². The van der Waals surface area contributed by atoms with Gasteiger partial charge in [0.1, 0.15) is 5.78 Å². The smallest absolute Gasteiger partial charge is 0.351 e. The quantitative estimate of drug-likeness (QED) is 0.442. The lowest BCUT2D eigenvalue weighted by Gasteiger charge is -2.56. The number of fused-ring (bicyclic) bond motifs is 5. The molecule has 0 N–H and O–H groups in total. The molecule has 4 aliphatic carbocycles. The first-order valence-electron chi connectivity index (χ1n) is 11.2. The molecule has 0 amide bonds. The molecule has 32 heavy (non-hydrogen) atoms. The van der Waals surface area contributed by atoms with Crippen LogP contribution in [0, 0.1) is 28.6 Å². The number of hydrogen-bond acceptors (Lipinski definition) is 6. The van der Waals surface area contributed by atoms with Crippen molar-refractivity contribution in [1.82, 2.24) is 0 Å². The van der Waals surface area contributed by atoms with E-state index in [-0.39, 0.29) is 48.8 Å². The lowest BCUT2D eigenvalue weighted by Crippen LogP contribution is -2.62. The van der Waals surface area contributed by atoms with Gasteiger partial charge in [-0.3, -0.25) is 9.59 Å². The van der Waals surface area contributed by atoms with Gasteiger partial charge in [-0.05, 0) is 56.6 Å². The molecule has 4 aliphatic rings. The van der Waals surface area contributed by atoms with Crippen LogP contribution in [0.3, 0.4) is 0 Å². The molecule has 0 radical (unpaired) electrons. The van der Waals surface area contributed by atoms with Crippen LogP contribution in [0.1, 0.15) is 52.9 Å². The third-order valence-electron chi connectivity index (χ3n) is 8.44. The highest BCUT2D eigenvalue weighted by molar-refractivity contribution is 6.53. The Morgan fingerprint density at radius 3 is 2.59 bits per heavy atom. The maximum Gasteiger partial charge on any atom is 0.351 e. The number of allylic oxidation sites excluding steroid dienone is 4. The minimum atomic E-state index is -1.61. The molecule has 0 saturated heterocycles. The summed E-state index contributed by atoms with van der Waals surface area (Å²) in [6.07, 6.45) is 7.48. The Kier molecular flexibility index (Phi) is 5.86. The van der Waals surface area contributed by atoms with Crippen LogP contribution in [0.15, 0.2) is 23.8 Å². The van der Waals surface area contributed by atoms with Crippen LogP contribution in [0.2, 0.25) is 0 Å². The van der Waals surface area contributed by atoms with Crippen LogP contribution in [-0.2, 0) is 28.7 Å². The van der Waals surface area contributed by atoms with Crippen molar-refractivity contribution < 1.29 is 28.7 Å². The number of ketones is 2. The number of rotatable bonds is 4. The summed E-state index contributed by atoms with van der Waals surface area (Å²) in [5, 5.41) is 0. The predicted octanol–water partition coefficient (Wildman–Crippen LogP) is 4.12. The molecular formula is C24H28Cl2O6. The summed E-state index contributed by atoms with van der Waals surface area (Å²) in [6.45, 7) is 5.69. The number of carbonyl (C=O) groups excluding carboxylic acids is 4. The lowest BCUT2D eigenvalue weighted by atomic mass is 9.47. The first-order chi connectivity index (χ1) is 15.0. The molecule has 0 aromatic heterocycles. The van der Waals surface area contributed by atoms with Gasteiger partial charge in [-0.1, -0.05) is 48.7 Å². The van der Waals surface area contributed by atoms with E-state index < -0.39 is 33.2 Å². The molecule has 0 heterocycles. The van der Waals surface area contributed by atoms with Crippen molar-refractivity contribution in [1.29, 1.82) is 0 Å². The van der Waals surface area contributed by atoms with Gasteiger partial charge in [-0.25, -0.2) is 9.59 Å². The van der Waals surface area contributed by atoms with Gasteiger partial charge in [0.2, 0.25) is 10.4 Å². The Morgan fingerprint density at radius 2 is 1.94 bits per heavy atom. The van der Waals surface area contributed by atoms with Gasteiger partial charge in [0.25, 0.3) is 0 Å². The summed E-state index contributed by atoms with van der Waals surface area (Å²) >= 11 is 11.5. The van der Waals surface area contributed by atoms with Crippen molar-refractivity contribution in [3.8, 4) is 0 Å². The van der Waals surface area contributed by atoms with E-state index in [0.29, 0.717) is 12.8 Å². The minimum absolute atomic E-state index is 0.000874. The molecule has 0 unspecified atom stereocenters. The summed E-state index contributed by atoms with van der Waals surface area (Å²) in [4.78, 5) is 49.9. The second kappa shape index (κ2) is 7.98. The van der Waals surface area contributed by atoms with E-state index in [1.807, 2.05) is 19.9 Å². The molecule has 0 bridgehead atoms. The summed E-state index contributed by atoms with van der Waals surface area (Å²) in [6, 6.07) is 0. The van der Waals surface area contributed by atoms with Gasteiger partial charge in [0, 0.05) is 23.2 Å². The molecule has 0 spiro atoms. The number of hydrogen-bond donors (Lipinski definition) is 0. The van der Waals surface area contributed by atoms with Gasteiger partial charge in [0.15, 0.2) is 5.78 Å². The van der Waals surface area contributed by atoms with Crippen LogP contribution >= 0.6 is 23.2 Å². The fourth-order valence-corrected chi connectivity index (χ4v) is 7.11. The average Bonchev–Trinajstić information content (AvgIpc) is 3.01. The topological polar surface area (TPSA) is 86.7 Å². The van der Waals surface area contributed by atoms with Crippen molar-refractivity contribution in [3.63, 3.8) is 0 Å². The monoisotopic (exact) mass is 482 g/mol. The SMILES string of the molecule is CCOC(=O)[C@@]1(OC(=O)C(Cl)Cl)CC[C@H]2[C@@H]3CCC4=CC(=O)C=C[C@]4(C)[C@H]3C(=O)C[C@@]21C. The highest BCUT2D eigenvalue weighted by Crippen LogP contribution is 2.67. The van der Waals surface area contributed by atoms with E-state index in [4.69, 9.17) is 32.7 Å². The zero-order valence-electron chi connectivity index (χ0n) is 18.5. The molecule has 4 rings (SSSR count). The van der Waals surface area contributed by atoms with Crippen LogP contribution in [0.25, 0.3) is 0 Å². The summed E-state index contributed by atoms with van der Waals surface area (Å²) in [7, 11) is 0. The van der Waals surface area contributed by atoms with Crippen molar-refractivity contribution in [3.05, 3.63) is 23.8 Å². The number of alkyl halides is 2. The highest BCUT2D eigenvalue weighted by atomic mass is 35.5. The first-order valence-corrected chi connectivity index (χ1v) is 12.0. The zero-order valence-corrected chi connectivity index (χ0v) is 20.0. The Hall–Kier alpha value is -1.66. The molecule has 3 saturated carbocycles. The Morgan fingerprint density at radius 1 is 1.22 bits per heavy atom. The highest BCUT2D eigenvalue weighted by Gasteiger charge is 2.71. The average molecular weight is 483 g/mol. The molecule has 0 aromatic rings. The zero-order chi connectivity index (χ0) is 23.5. The second-order valence-corrected chi connectivity index (χ2v) is 10.9. The molecule has 174 valence electrons. The third kappa shape index (κ3) is 3.20. The van der Waals surface area contributed by atoms with Crippen molar-refractivity contribution in [2.75, 3.05) is 6.61 Å². The summed E-state index contributed by atoms with van der Waals surface area (Å²) < 4.78 is 11.1. The number of halogens is 2. The van der Waals surface area contributed by atoms with Gasteiger partial charge in [-0.15, -0.1) is 0 Å². The fraction of sp³-hybridized carbons (Fsp3) is 0.667. The van der Waals surface area contributed by atoms with Crippen molar-refractivity contribution >= 4 is 46.7 Å². The molecule has 0 aromatic carbocycles. The lowest BCUT2D eigenvalue weighted by molar-refractivity contribution is -0.203. The Labute approximate surface area is 197 Å². The van der Waals surface area contributed by atoms with Crippen LogP contribution in [-0.4, -0.2) is 40.5 Å². The van der Waals surface area contributed by atoms with E-state index in [9.17, 15) is 19.2 Å². The van der Waals surface area contributed by atoms with Crippen molar-refractivity contribution in [2.24, 2.45) is 28.6 Å². The first kappa shape index (κ1) is 23.5. The van der Waals surface area contributed by atoms with Crippen LogP contribution in [0.4, 0.5) is 0 Å². The third-order valence-corrected chi connectivity index (χ3v) is 8.79. The number of ether oxygens (including phenoxy) is 2. The number of esters is 2. The number of Topliss-reactive ketones (excluding diaryl/α,β-unsaturated/α-hetero) is 1. The van der Waals surface area contributed by atoms with Crippen LogP contribution in [0.5, 0.6) is 0 Å². The second-order valence-electron chi connectivity index (χ2n) is 9.84. The van der Waals surface area contributed by atoms with Crippen LogP contribution < -0.4 is 0 Å². The van der Waals surface area contributed by atoms with E-state index in [1.54, 1.807) is 19.1 Å². The normalized spacial score (nSPS) is 40.3. The van der Waals surface area contributed by atoms with E-state index in [2.05, 4.69) is 0 Å². The minimum Gasteiger partial charge on any atom is -0.463 e. The number of carbonyl (C=O) groups is 4. The van der Waals surface area contributed by atoms with Gasteiger partial charge < -0.3 is 9.47 Å². The van der Waals surface area contributed by atoms with Gasteiger partial charge in [-0.2, -0.15) is 0 Å². The molecular weight excluding hydrogens is 455 g/mol. The predicted molar refractivity (Wildman–Crippen MR) is 118 cm³/mol. The van der Waals surface area contributed by atoms with Gasteiger partial charge >= 0.3 is 11.9 Å². The van der Waals surface area contributed by atoms with E-state index >= 15 is 0 Å². The molecule has 0 aliphatic heterocycles. The molecule has 3 fully saturated rings. The largest absolute Gasteiger partial charge is 0.463 e. The van der Waals surface area contributed by atoms with E-state index in [1.165, 1.54) is 0 Å². The Bertz CT molecular complexity index is 939. The standard InChI is InChI=1S/C24H28Cl2O6/c1-4-31-21(30)24(32-20(29)19(25)26)10-8-16-15-6-5-13-11-14(27)7-9-22(13,2)18(15)17(28)12-23(16,24)3/h7,9,11,15-16,18-19H,4-6,8,10,12H2,1-3H3/t15-,16-,18+,22-,23-,24-/m0/s1. The van der Waals surface area contributed by atoms with Crippen molar-refractivity contribution in [2.45, 2.75) is 63.3 Å². The molecule has 8 heteroatoms. The summed E-state index contributed by atoms with van der Waals surface area (Å²) in [5.74, 6) is -1.91. The Balaban J connectivity index is 1.76. The maximum atomic E-state index is 13.7. The van der Waals surface area contributed by atoms with Gasteiger partial charge in [0.05, 0.1) is 6.61 Å². The molecule has 6 atom stereocenters. The molecule has 6 nitrogen and oxygen atoms in total. The maximum absolute atomic E-state index is 13.7.